The highest BCUT2D eigenvalue weighted by atomic mass is 16.5. The van der Waals surface area contributed by atoms with E-state index in [0.29, 0.717) is 12.4 Å². The van der Waals surface area contributed by atoms with Crippen LogP contribution in [0.1, 0.15) is 31.7 Å². The van der Waals surface area contributed by atoms with Crippen LogP contribution in [0.4, 0.5) is 0 Å². The molecule has 1 aliphatic rings. The summed E-state index contributed by atoms with van der Waals surface area (Å²) < 4.78 is 11.2. The van der Waals surface area contributed by atoms with Crippen molar-refractivity contribution in [3.05, 3.63) is 60.2 Å². The van der Waals surface area contributed by atoms with Crippen LogP contribution < -0.4 is 9.47 Å². The summed E-state index contributed by atoms with van der Waals surface area (Å²) in [7, 11) is 0. The molecule has 1 saturated heterocycles. The Morgan fingerprint density at radius 3 is 2.42 bits per heavy atom. The molecule has 1 aliphatic heterocycles. The average molecular weight is 353 g/mol. The molecule has 0 aliphatic carbocycles. The Morgan fingerprint density at radius 2 is 1.73 bits per heavy atom. The minimum Gasteiger partial charge on any atom is -0.494 e. The second kappa shape index (κ2) is 9.27. The normalized spacial score (nSPS) is 16.5. The van der Waals surface area contributed by atoms with Crippen LogP contribution in [0.2, 0.25) is 0 Å². The number of benzene rings is 2. The molecular weight excluding hydrogens is 326 g/mol. The fourth-order valence-corrected chi connectivity index (χ4v) is 3.34. The summed E-state index contributed by atoms with van der Waals surface area (Å²) in [6, 6.07) is 18.1. The fraction of sp³-hybridized carbons (Fsp3) is 0.409. The minimum absolute atomic E-state index is 0.0646. The van der Waals surface area contributed by atoms with E-state index in [9.17, 15) is 4.79 Å². The monoisotopic (exact) mass is 353 g/mol. The van der Waals surface area contributed by atoms with E-state index in [-0.39, 0.29) is 18.6 Å². The summed E-state index contributed by atoms with van der Waals surface area (Å²) in [4.78, 5) is 14.6. The number of likely N-dealkylation sites (tertiary alicyclic amines) is 1. The summed E-state index contributed by atoms with van der Waals surface area (Å²) in [5.74, 6) is 1.59. The van der Waals surface area contributed by atoms with Crippen LogP contribution in [0.25, 0.3) is 0 Å². The molecule has 0 saturated carbocycles. The van der Waals surface area contributed by atoms with Gasteiger partial charge in [-0.2, -0.15) is 0 Å². The number of ether oxygens (including phenoxy) is 2. The Balaban J connectivity index is 1.50. The fourth-order valence-electron chi connectivity index (χ4n) is 3.34. The summed E-state index contributed by atoms with van der Waals surface area (Å²) >= 11 is 0. The third-order valence-electron chi connectivity index (χ3n) is 4.67. The van der Waals surface area contributed by atoms with Gasteiger partial charge in [-0.15, -0.1) is 0 Å². The van der Waals surface area contributed by atoms with Crippen LogP contribution in [0.5, 0.6) is 11.5 Å². The molecule has 2 aromatic rings. The van der Waals surface area contributed by atoms with E-state index in [0.717, 1.165) is 38.0 Å². The lowest BCUT2D eigenvalue weighted by Gasteiger charge is -2.25. The van der Waals surface area contributed by atoms with Gasteiger partial charge in [-0.05, 0) is 55.5 Å². The van der Waals surface area contributed by atoms with E-state index in [1.807, 2.05) is 47.4 Å². The van der Waals surface area contributed by atoms with Gasteiger partial charge < -0.3 is 14.4 Å². The maximum absolute atomic E-state index is 12.6. The van der Waals surface area contributed by atoms with Crippen molar-refractivity contribution in [2.24, 2.45) is 0 Å². The van der Waals surface area contributed by atoms with Gasteiger partial charge in [0.1, 0.15) is 11.5 Å². The van der Waals surface area contributed by atoms with Crippen molar-refractivity contribution in [3.63, 3.8) is 0 Å². The first-order chi connectivity index (χ1) is 12.8. The second-order valence-electron chi connectivity index (χ2n) is 6.68. The summed E-state index contributed by atoms with van der Waals surface area (Å²) in [5.41, 5.74) is 1.28. The zero-order valence-electron chi connectivity index (χ0n) is 15.4. The van der Waals surface area contributed by atoms with Gasteiger partial charge >= 0.3 is 0 Å². The van der Waals surface area contributed by atoms with E-state index >= 15 is 0 Å². The number of hydrogen-bond donors (Lipinski definition) is 0. The van der Waals surface area contributed by atoms with Gasteiger partial charge in [0.25, 0.3) is 5.91 Å². The van der Waals surface area contributed by atoms with Crippen LogP contribution in [-0.4, -0.2) is 36.6 Å². The lowest BCUT2D eigenvalue weighted by Crippen LogP contribution is -2.39. The summed E-state index contributed by atoms with van der Waals surface area (Å²) in [5, 5.41) is 0. The lowest BCUT2D eigenvalue weighted by molar-refractivity contribution is -0.134. The first-order valence-corrected chi connectivity index (χ1v) is 9.45. The molecule has 1 fully saturated rings. The molecule has 0 radical (unpaired) electrons. The first kappa shape index (κ1) is 18.3. The molecule has 0 aromatic heterocycles. The highest BCUT2D eigenvalue weighted by molar-refractivity contribution is 5.78. The molecule has 0 bridgehead atoms. The highest BCUT2D eigenvalue weighted by Gasteiger charge is 2.28. The number of nitrogens with zero attached hydrogens (tertiary/aromatic N) is 1. The third kappa shape index (κ3) is 5.01. The van der Waals surface area contributed by atoms with Crippen molar-refractivity contribution in [3.8, 4) is 11.5 Å². The topological polar surface area (TPSA) is 38.8 Å². The molecule has 26 heavy (non-hydrogen) atoms. The molecule has 1 heterocycles. The molecule has 0 N–H and O–H groups in total. The molecule has 3 rings (SSSR count). The van der Waals surface area contributed by atoms with Crippen LogP contribution >= 0.6 is 0 Å². The third-order valence-corrected chi connectivity index (χ3v) is 4.67. The van der Waals surface area contributed by atoms with Crippen LogP contribution in [-0.2, 0) is 11.2 Å². The number of amides is 1. The smallest absolute Gasteiger partial charge is 0.260 e. The Kier molecular flexibility index (Phi) is 6.53. The number of hydrogen-bond acceptors (Lipinski definition) is 3. The zero-order chi connectivity index (χ0) is 18.2. The Labute approximate surface area is 155 Å². The van der Waals surface area contributed by atoms with Crippen molar-refractivity contribution in [1.82, 2.24) is 4.90 Å². The van der Waals surface area contributed by atoms with Crippen LogP contribution in [0.15, 0.2) is 54.6 Å². The van der Waals surface area contributed by atoms with Crippen molar-refractivity contribution >= 4 is 5.91 Å². The molecule has 1 unspecified atom stereocenters. The van der Waals surface area contributed by atoms with E-state index < -0.39 is 0 Å². The second-order valence-corrected chi connectivity index (χ2v) is 6.68. The maximum atomic E-state index is 12.6. The van der Waals surface area contributed by atoms with Gasteiger partial charge in [0, 0.05) is 12.6 Å². The molecule has 138 valence electrons. The van der Waals surface area contributed by atoms with E-state index in [4.69, 9.17) is 9.47 Å². The number of carbonyl (C=O) groups is 1. The SMILES string of the molecule is CCCOc1ccc(OCC(=O)N2CCCC2Cc2ccccc2)cc1. The molecule has 1 amide bonds. The van der Waals surface area contributed by atoms with Crippen molar-refractivity contribution in [2.75, 3.05) is 19.8 Å². The van der Waals surface area contributed by atoms with Gasteiger partial charge in [-0.3, -0.25) is 4.79 Å². The average Bonchev–Trinajstić information content (AvgIpc) is 3.14. The van der Waals surface area contributed by atoms with Gasteiger partial charge in [-0.25, -0.2) is 0 Å². The van der Waals surface area contributed by atoms with E-state index in [2.05, 4.69) is 19.1 Å². The largest absolute Gasteiger partial charge is 0.494 e. The van der Waals surface area contributed by atoms with E-state index in [1.54, 1.807) is 0 Å². The lowest BCUT2D eigenvalue weighted by atomic mass is 10.0. The van der Waals surface area contributed by atoms with Gasteiger partial charge in [0.2, 0.25) is 0 Å². The maximum Gasteiger partial charge on any atom is 0.260 e. The van der Waals surface area contributed by atoms with Crippen molar-refractivity contribution in [1.29, 1.82) is 0 Å². The van der Waals surface area contributed by atoms with Crippen molar-refractivity contribution in [2.45, 2.75) is 38.6 Å². The zero-order valence-corrected chi connectivity index (χ0v) is 15.4. The standard InChI is InChI=1S/C22H27NO3/c1-2-15-25-20-10-12-21(13-11-20)26-17-22(24)23-14-6-9-19(23)16-18-7-4-3-5-8-18/h3-5,7-8,10-13,19H,2,6,9,14-17H2,1H3. The Morgan fingerprint density at radius 1 is 1.04 bits per heavy atom. The number of carbonyl (C=O) groups excluding carboxylic acids is 1. The van der Waals surface area contributed by atoms with Gasteiger partial charge in [0.05, 0.1) is 6.61 Å². The van der Waals surface area contributed by atoms with Gasteiger partial charge in [0.15, 0.2) is 6.61 Å². The first-order valence-electron chi connectivity index (χ1n) is 9.45. The predicted molar refractivity (Wildman–Crippen MR) is 103 cm³/mol. The van der Waals surface area contributed by atoms with Crippen LogP contribution in [0, 0.1) is 0 Å². The Bertz CT molecular complexity index is 684. The molecule has 4 nitrogen and oxygen atoms in total. The minimum atomic E-state index is 0.0646. The molecular formula is C22H27NO3. The quantitative estimate of drug-likeness (QED) is 0.717. The van der Waals surface area contributed by atoms with Crippen LogP contribution in [0.3, 0.4) is 0 Å². The molecule has 1 atom stereocenters. The summed E-state index contributed by atoms with van der Waals surface area (Å²) in [6.45, 7) is 3.69. The van der Waals surface area contributed by atoms with E-state index in [1.165, 1.54) is 5.56 Å². The molecule has 4 heteroatoms. The van der Waals surface area contributed by atoms with Gasteiger partial charge in [-0.1, -0.05) is 37.3 Å². The van der Waals surface area contributed by atoms with Crippen molar-refractivity contribution < 1.29 is 14.3 Å². The molecule has 0 spiro atoms. The summed E-state index contributed by atoms with van der Waals surface area (Å²) in [6.07, 6.45) is 4.01. The highest BCUT2D eigenvalue weighted by Crippen LogP contribution is 2.22. The predicted octanol–water partition coefficient (Wildman–Crippen LogP) is 4.09. The number of rotatable bonds is 8. The molecule has 2 aromatic carbocycles. The Hall–Kier alpha value is -2.49.